The second-order valence-corrected chi connectivity index (χ2v) is 7.29. The first-order chi connectivity index (χ1) is 11.0. The lowest BCUT2D eigenvalue weighted by Crippen LogP contribution is -2.48. The van der Waals surface area contributed by atoms with Crippen molar-refractivity contribution in [1.29, 1.82) is 0 Å². The summed E-state index contributed by atoms with van der Waals surface area (Å²) in [5.74, 6) is -0.109. The van der Waals surface area contributed by atoms with Gasteiger partial charge in [-0.05, 0) is 38.2 Å². The molecule has 0 aromatic heterocycles. The molecule has 2 saturated heterocycles. The number of amides is 2. The summed E-state index contributed by atoms with van der Waals surface area (Å²) >= 11 is 0. The Morgan fingerprint density at radius 1 is 1.30 bits per heavy atom. The molecule has 0 spiro atoms. The van der Waals surface area contributed by atoms with Gasteiger partial charge in [-0.3, -0.25) is 4.79 Å². The Balaban J connectivity index is 1.56. The van der Waals surface area contributed by atoms with Crippen molar-refractivity contribution in [3.63, 3.8) is 0 Å². The van der Waals surface area contributed by atoms with Crippen LogP contribution in [0.4, 0.5) is 4.79 Å². The Labute approximate surface area is 135 Å². The third kappa shape index (κ3) is 2.34. The van der Waals surface area contributed by atoms with E-state index in [4.69, 9.17) is 9.47 Å². The molecule has 2 amide bonds. The van der Waals surface area contributed by atoms with Gasteiger partial charge < -0.3 is 9.47 Å². The maximum absolute atomic E-state index is 13.1. The molecule has 3 aliphatic rings. The Bertz CT molecular complexity index is 634. The van der Waals surface area contributed by atoms with E-state index >= 15 is 0 Å². The second kappa shape index (κ2) is 5.06. The SMILES string of the molecule is CC12CCC(C(=O)N3C(=O)OC[C@@H]3Cc3ccccc3)(CO1)C2. The van der Waals surface area contributed by atoms with Crippen LogP contribution in [0.1, 0.15) is 31.7 Å². The van der Waals surface area contributed by atoms with Gasteiger partial charge in [-0.1, -0.05) is 30.3 Å². The number of carbonyl (C=O) groups excluding carboxylic acids is 2. The number of fused-ring (bicyclic) bond motifs is 2. The predicted octanol–water partition coefficient (Wildman–Crippen LogP) is 2.54. The van der Waals surface area contributed by atoms with Crippen LogP contribution < -0.4 is 0 Å². The van der Waals surface area contributed by atoms with Gasteiger partial charge >= 0.3 is 6.09 Å². The van der Waals surface area contributed by atoms with Crippen molar-refractivity contribution in [3.05, 3.63) is 35.9 Å². The quantitative estimate of drug-likeness (QED) is 0.860. The summed E-state index contributed by atoms with van der Waals surface area (Å²) in [6, 6.07) is 9.68. The van der Waals surface area contributed by atoms with Crippen LogP contribution in [0.15, 0.2) is 30.3 Å². The summed E-state index contributed by atoms with van der Waals surface area (Å²) in [6.45, 7) is 2.75. The number of hydrogen-bond donors (Lipinski definition) is 0. The fraction of sp³-hybridized carbons (Fsp3) is 0.556. The molecule has 2 unspecified atom stereocenters. The second-order valence-electron chi connectivity index (χ2n) is 7.29. The van der Waals surface area contributed by atoms with E-state index in [0.29, 0.717) is 19.4 Å². The van der Waals surface area contributed by atoms with Gasteiger partial charge in [0, 0.05) is 0 Å². The first-order valence-electron chi connectivity index (χ1n) is 8.20. The monoisotopic (exact) mass is 315 g/mol. The Hall–Kier alpha value is -1.88. The van der Waals surface area contributed by atoms with Gasteiger partial charge in [0.15, 0.2) is 0 Å². The summed E-state index contributed by atoms with van der Waals surface area (Å²) in [4.78, 5) is 26.6. The zero-order chi connectivity index (χ0) is 16.1. The van der Waals surface area contributed by atoms with Crippen molar-refractivity contribution < 1.29 is 19.1 Å². The van der Waals surface area contributed by atoms with Crippen LogP contribution in [0.2, 0.25) is 0 Å². The van der Waals surface area contributed by atoms with Gasteiger partial charge in [-0.25, -0.2) is 9.69 Å². The zero-order valence-corrected chi connectivity index (χ0v) is 13.3. The maximum atomic E-state index is 13.1. The molecule has 1 aliphatic carbocycles. The van der Waals surface area contributed by atoms with E-state index in [2.05, 4.69) is 6.92 Å². The molecule has 23 heavy (non-hydrogen) atoms. The van der Waals surface area contributed by atoms with E-state index in [1.54, 1.807) is 0 Å². The minimum Gasteiger partial charge on any atom is -0.447 e. The third-order valence-electron chi connectivity index (χ3n) is 5.49. The Morgan fingerprint density at radius 3 is 2.70 bits per heavy atom. The molecule has 2 heterocycles. The Kier molecular flexibility index (Phi) is 3.23. The number of carbonyl (C=O) groups is 2. The normalized spacial score (nSPS) is 35.6. The minimum absolute atomic E-state index is 0.109. The molecular weight excluding hydrogens is 294 g/mol. The van der Waals surface area contributed by atoms with Crippen molar-refractivity contribution >= 4 is 12.0 Å². The molecule has 4 rings (SSSR count). The fourth-order valence-corrected chi connectivity index (χ4v) is 4.20. The highest BCUT2D eigenvalue weighted by atomic mass is 16.6. The first-order valence-corrected chi connectivity index (χ1v) is 8.20. The van der Waals surface area contributed by atoms with Gasteiger partial charge in [0.2, 0.25) is 5.91 Å². The highest BCUT2D eigenvalue weighted by Gasteiger charge is 2.60. The van der Waals surface area contributed by atoms with Gasteiger partial charge in [-0.2, -0.15) is 0 Å². The van der Waals surface area contributed by atoms with Crippen LogP contribution in [0, 0.1) is 5.41 Å². The Morgan fingerprint density at radius 2 is 2.09 bits per heavy atom. The minimum atomic E-state index is -0.535. The average molecular weight is 315 g/mol. The molecule has 5 nitrogen and oxygen atoms in total. The third-order valence-corrected chi connectivity index (χ3v) is 5.49. The largest absolute Gasteiger partial charge is 0.447 e. The van der Waals surface area contributed by atoms with Crippen LogP contribution in [-0.2, 0) is 20.7 Å². The molecular formula is C18H21NO4. The standard InChI is InChI=1S/C18H21NO4/c1-17-7-8-18(11-17,12-23-17)15(20)19-14(10-22-16(19)21)9-13-5-3-2-4-6-13/h2-6,14H,7-12H2,1H3/t14-,17?,18?/m0/s1. The molecule has 0 N–H and O–H groups in total. The van der Waals surface area contributed by atoms with E-state index in [1.807, 2.05) is 30.3 Å². The molecule has 3 fully saturated rings. The van der Waals surface area contributed by atoms with Crippen LogP contribution in [0.5, 0.6) is 0 Å². The van der Waals surface area contributed by atoms with Crippen LogP contribution in [0.3, 0.4) is 0 Å². The molecule has 1 aromatic rings. The van der Waals surface area contributed by atoms with Crippen LogP contribution in [-0.4, -0.2) is 41.8 Å². The van der Waals surface area contributed by atoms with Crippen molar-refractivity contribution in [2.24, 2.45) is 5.41 Å². The summed E-state index contributed by atoms with van der Waals surface area (Å²) in [5.41, 5.74) is 0.367. The number of nitrogens with zero attached hydrogens (tertiary/aromatic N) is 1. The molecule has 5 heteroatoms. The van der Waals surface area contributed by atoms with Gasteiger partial charge in [0.25, 0.3) is 0 Å². The van der Waals surface area contributed by atoms with Crippen molar-refractivity contribution in [2.75, 3.05) is 13.2 Å². The molecule has 0 radical (unpaired) electrons. The molecule has 2 bridgehead atoms. The lowest BCUT2D eigenvalue weighted by molar-refractivity contribution is -0.141. The number of imide groups is 1. The van der Waals surface area contributed by atoms with E-state index < -0.39 is 11.5 Å². The average Bonchev–Trinajstić information content (AvgIpc) is 3.19. The molecule has 2 aliphatic heterocycles. The van der Waals surface area contributed by atoms with Crippen molar-refractivity contribution in [3.8, 4) is 0 Å². The summed E-state index contributed by atoms with van der Waals surface area (Å²) in [7, 11) is 0. The maximum Gasteiger partial charge on any atom is 0.417 e. The summed E-state index contributed by atoms with van der Waals surface area (Å²) < 4.78 is 11.0. The van der Waals surface area contributed by atoms with E-state index in [9.17, 15) is 9.59 Å². The van der Waals surface area contributed by atoms with E-state index in [-0.39, 0.29) is 24.2 Å². The van der Waals surface area contributed by atoms with Crippen molar-refractivity contribution in [1.82, 2.24) is 4.90 Å². The number of cyclic esters (lactones) is 1. The van der Waals surface area contributed by atoms with Crippen LogP contribution >= 0.6 is 0 Å². The molecule has 122 valence electrons. The number of ether oxygens (including phenoxy) is 2. The predicted molar refractivity (Wildman–Crippen MR) is 82.8 cm³/mol. The van der Waals surface area contributed by atoms with Gasteiger partial charge in [0.1, 0.15) is 6.61 Å². The molecule has 1 saturated carbocycles. The highest BCUT2D eigenvalue weighted by Crippen LogP contribution is 2.54. The lowest BCUT2D eigenvalue weighted by atomic mass is 9.85. The van der Waals surface area contributed by atoms with Gasteiger partial charge in [0.05, 0.1) is 23.7 Å². The van der Waals surface area contributed by atoms with E-state index in [0.717, 1.165) is 18.4 Å². The number of hydrogen-bond acceptors (Lipinski definition) is 4. The molecule has 1 aromatic carbocycles. The topological polar surface area (TPSA) is 55.8 Å². The highest BCUT2D eigenvalue weighted by molar-refractivity contribution is 5.97. The van der Waals surface area contributed by atoms with Crippen molar-refractivity contribution in [2.45, 2.75) is 44.2 Å². The summed E-state index contributed by atoms with van der Waals surface area (Å²) in [6.07, 6.45) is 2.51. The van der Waals surface area contributed by atoms with E-state index in [1.165, 1.54) is 4.90 Å². The lowest BCUT2D eigenvalue weighted by Gasteiger charge is -2.30. The fourth-order valence-electron chi connectivity index (χ4n) is 4.20. The zero-order valence-electron chi connectivity index (χ0n) is 13.3. The summed E-state index contributed by atoms with van der Waals surface area (Å²) in [5, 5.41) is 0. The van der Waals surface area contributed by atoms with Gasteiger partial charge in [-0.15, -0.1) is 0 Å². The number of benzene rings is 1. The first kappa shape index (κ1) is 14.7. The smallest absolute Gasteiger partial charge is 0.417 e. The van der Waals surface area contributed by atoms with Crippen LogP contribution in [0.25, 0.3) is 0 Å². The number of rotatable bonds is 3. The molecule has 3 atom stereocenters.